The smallest absolute Gasteiger partial charge is 0.278 e. The van der Waals surface area contributed by atoms with Crippen LogP contribution in [0, 0.1) is 0 Å². The molecule has 6 heteroatoms. The first-order valence-electron chi connectivity index (χ1n) is 4.44. The quantitative estimate of drug-likeness (QED) is 0.699. The Morgan fingerprint density at radius 1 is 1.64 bits per heavy atom. The third kappa shape index (κ3) is 1.24. The molecule has 2 aromatic heterocycles. The molecular weight excluding hydrogens is 182 g/mol. The van der Waals surface area contributed by atoms with E-state index in [-0.39, 0.29) is 11.5 Å². The van der Waals surface area contributed by atoms with Gasteiger partial charge in [0.2, 0.25) is 5.95 Å². The van der Waals surface area contributed by atoms with E-state index in [2.05, 4.69) is 15.1 Å². The van der Waals surface area contributed by atoms with Gasteiger partial charge in [0.15, 0.2) is 5.52 Å². The van der Waals surface area contributed by atoms with E-state index in [1.165, 1.54) is 10.7 Å². The average Bonchev–Trinajstić information content (AvgIpc) is 2.49. The zero-order valence-corrected chi connectivity index (χ0v) is 7.82. The molecule has 0 atom stereocenters. The van der Waals surface area contributed by atoms with Crippen LogP contribution in [0.2, 0.25) is 0 Å². The van der Waals surface area contributed by atoms with Crippen LogP contribution in [0.25, 0.3) is 5.52 Å². The molecule has 6 nitrogen and oxygen atoms in total. The van der Waals surface area contributed by atoms with Gasteiger partial charge in [-0.05, 0) is 6.42 Å². The third-order valence-corrected chi connectivity index (χ3v) is 1.96. The predicted molar refractivity (Wildman–Crippen MR) is 52.0 cm³/mol. The summed E-state index contributed by atoms with van der Waals surface area (Å²) in [6.07, 6.45) is 3.24. The number of aromatic nitrogens is 4. The molecule has 0 aliphatic carbocycles. The van der Waals surface area contributed by atoms with Crippen LogP contribution in [0.5, 0.6) is 0 Å². The van der Waals surface area contributed by atoms with E-state index in [1.54, 1.807) is 0 Å². The topological polar surface area (TPSA) is 89.1 Å². The minimum Gasteiger partial charge on any atom is -0.368 e. The van der Waals surface area contributed by atoms with Crippen molar-refractivity contribution in [2.45, 2.75) is 19.8 Å². The summed E-state index contributed by atoms with van der Waals surface area (Å²) in [6, 6.07) is 0. The lowest BCUT2D eigenvalue weighted by molar-refractivity contribution is 0.768. The van der Waals surface area contributed by atoms with Crippen LogP contribution in [-0.4, -0.2) is 19.6 Å². The van der Waals surface area contributed by atoms with Gasteiger partial charge in [-0.3, -0.25) is 9.78 Å². The first-order chi connectivity index (χ1) is 6.72. The molecule has 0 aliphatic heterocycles. The van der Waals surface area contributed by atoms with Gasteiger partial charge in [-0.25, -0.2) is 9.50 Å². The van der Waals surface area contributed by atoms with Gasteiger partial charge in [0.25, 0.3) is 5.56 Å². The van der Waals surface area contributed by atoms with E-state index in [9.17, 15) is 4.79 Å². The summed E-state index contributed by atoms with van der Waals surface area (Å²) < 4.78 is 1.50. The summed E-state index contributed by atoms with van der Waals surface area (Å²) in [7, 11) is 0. The molecule has 2 aromatic rings. The Labute approximate surface area is 79.8 Å². The van der Waals surface area contributed by atoms with Gasteiger partial charge in [-0.1, -0.05) is 6.92 Å². The number of nitrogen functional groups attached to an aromatic ring is 1. The van der Waals surface area contributed by atoms with Gasteiger partial charge < -0.3 is 5.73 Å². The third-order valence-electron chi connectivity index (χ3n) is 1.96. The maximum absolute atomic E-state index is 11.4. The lowest BCUT2D eigenvalue weighted by Crippen LogP contribution is -2.15. The molecule has 2 rings (SSSR count). The molecule has 74 valence electrons. The van der Waals surface area contributed by atoms with Crippen molar-refractivity contribution in [2.75, 3.05) is 5.73 Å². The van der Waals surface area contributed by atoms with Crippen molar-refractivity contribution in [2.24, 2.45) is 0 Å². The minimum atomic E-state index is -0.257. The van der Waals surface area contributed by atoms with E-state index in [0.717, 1.165) is 18.7 Å². The molecule has 2 heterocycles. The second-order valence-electron chi connectivity index (χ2n) is 3.06. The fraction of sp³-hybridized carbons (Fsp3) is 0.375. The molecule has 0 radical (unpaired) electrons. The van der Waals surface area contributed by atoms with Crippen LogP contribution in [0.15, 0.2) is 11.0 Å². The van der Waals surface area contributed by atoms with E-state index in [4.69, 9.17) is 5.73 Å². The zero-order valence-electron chi connectivity index (χ0n) is 7.82. The van der Waals surface area contributed by atoms with Crippen molar-refractivity contribution in [3.8, 4) is 0 Å². The SMILES string of the molecule is CCCc1ncc2c(=O)[nH]c(N)nn12. The standard InChI is InChI=1S/C8H11N5O/c1-2-3-6-10-4-5-7(14)11-8(9)12-13(5)6/h4H,2-3H2,1H3,(H3,9,11,12,14). The van der Waals surface area contributed by atoms with Crippen molar-refractivity contribution in [3.63, 3.8) is 0 Å². The Kier molecular flexibility index (Phi) is 1.95. The van der Waals surface area contributed by atoms with Gasteiger partial charge in [-0.15, -0.1) is 5.10 Å². The number of hydrogen-bond donors (Lipinski definition) is 2. The molecule has 0 unspecified atom stereocenters. The molecule has 0 aliphatic rings. The number of nitrogens with one attached hydrogen (secondary N) is 1. The summed E-state index contributed by atoms with van der Waals surface area (Å²) in [5.41, 5.74) is 5.61. The highest BCUT2D eigenvalue weighted by Gasteiger charge is 2.07. The lowest BCUT2D eigenvalue weighted by Gasteiger charge is -1.98. The number of hydrogen-bond acceptors (Lipinski definition) is 4. The van der Waals surface area contributed by atoms with Gasteiger partial charge in [0.05, 0.1) is 6.20 Å². The number of aromatic amines is 1. The van der Waals surface area contributed by atoms with Gasteiger partial charge >= 0.3 is 0 Å². The molecular formula is C8H11N5O. The molecule has 0 saturated heterocycles. The normalized spacial score (nSPS) is 10.9. The first-order valence-corrected chi connectivity index (χ1v) is 4.44. The van der Waals surface area contributed by atoms with Crippen molar-refractivity contribution < 1.29 is 0 Å². The number of nitrogens with zero attached hydrogens (tertiary/aromatic N) is 3. The van der Waals surface area contributed by atoms with Gasteiger partial charge in [0.1, 0.15) is 5.82 Å². The summed E-state index contributed by atoms with van der Waals surface area (Å²) in [6.45, 7) is 2.04. The molecule has 14 heavy (non-hydrogen) atoms. The van der Waals surface area contributed by atoms with E-state index in [1.807, 2.05) is 6.92 Å². The molecule has 0 saturated carbocycles. The van der Waals surface area contributed by atoms with Crippen LogP contribution >= 0.6 is 0 Å². The first kappa shape index (κ1) is 8.74. The number of anilines is 1. The predicted octanol–water partition coefficient (Wildman–Crippen LogP) is -0.0477. The largest absolute Gasteiger partial charge is 0.368 e. The van der Waals surface area contributed by atoms with Crippen LogP contribution in [-0.2, 0) is 6.42 Å². The van der Waals surface area contributed by atoms with Crippen LogP contribution in [0.4, 0.5) is 5.95 Å². The van der Waals surface area contributed by atoms with Gasteiger partial charge in [-0.2, -0.15) is 0 Å². The van der Waals surface area contributed by atoms with Crippen LogP contribution in [0.1, 0.15) is 19.2 Å². The number of imidazole rings is 1. The van der Waals surface area contributed by atoms with E-state index < -0.39 is 0 Å². The number of rotatable bonds is 2. The summed E-state index contributed by atoms with van der Waals surface area (Å²) in [5.74, 6) is 0.873. The van der Waals surface area contributed by atoms with Gasteiger partial charge in [0, 0.05) is 6.42 Å². The summed E-state index contributed by atoms with van der Waals surface area (Å²) >= 11 is 0. The molecule has 3 N–H and O–H groups in total. The molecule has 0 spiro atoms. The maximum Gasteiger partial charge on any atom is 0.278 e. The number of fused-ring (bicyclic) bond motifs is 1. The minimum absolute atomic E-state index is 0.109. The Hall–Kier alpha value is -1.85. The maximum atomic E-state index is 11.4. The van der Waals surface area contributed by atoms with Crippen molar-refractivity contribution in [1.82, 2.24) is 19.6 Å². The molecule has 0 amide bonds. The summed E-state index contributed by atoms with van der Waals surface area (Å²) in [5, 5.41) is 3.99. The van der Waals surface area contributed by atoms with Crippen LogP contribution < -0.4 is 11.3 Å². The highest BCUT2D eigenvalue weighted by Crippen LogP contribution is 2.02. The van der Waals surface area contributed by atoms with E-state index in [0.29, 0.717) is 5.52 Å². The molecule has 0 bridgehead atoms. The Bertz CT molecular complexity index is 512. The summed E-state index contributed by atoms with van der Waals surface area (Å²) in [4.78, 5) is 17.9. The second-order valence-corrected chi connectivity index (χ2v) is 3.06. The Morgan fingerprint density at radius 2 is 2.43 bits per heavy atom. The highest BCUT2D eigenvalue weighted by atomic mass is 16.1. The van der Waals surface area contributed by atoms with Crippen molar-refractivity contribution >= 4 is 11.5 Å². The lowest BCUT2D eigenvalue weighted by atomic mass is 10.3. The second kappa shape index (κ2) is 3.13. The van der Waals surface area contributed by atoms with Crippen molar-refractivity contribution in [3.05, 3.63) is 22.4 Å². The molecule has 0 fully saturated rings. The number of nitrogens with two attached hydrogens (primary N) is 1. The monoisotopic (exact) mass is 193 g/mol. The number of aryl methyl sites for hydroxylation is 1. The Balaban J connectivity index is 2.72. The fourth-order valence-electron chi connectivity index (χ4n) is 1.36. The molecule has 0 aromatic carbocycles. The zero-order chi connectivity index (χ0) is 10.1. The fourth-order valence-corrected chi connectivity index (χ4v) is 1.36. The van der Waals surface area contributed by atoms with E-state index >= 15 is 0 Å². The van der Waals surface area contributed by atoms with Crippen molar-refractivity contribution in [1.29, 1.82) is 0 Å². The number of H-pyrrole nitrogens is 1. The average molecular weight is 193 g/mol. The Morgan fingerprint density at radius 3 is 3.14 bits per heavy atom. The highest BCUT2D eigenvalue weighted by molar-refractivity contribution is 5.43. The van der Waals surface area contributed by atoms with Crippen LogP contribution in [0.3, 0.4) is 0 Å².